The van der Waals surface area contributed by atoms with Crippen LogP contribution in [0.15, 0.2) is 69.0 Å². The number of nitrogens with two attached hydrogens (primary N) is 1. The van der Waals surface area contributed by atoms with Gasteiger partial charge in [0.05, 0.1) is 16.9 Å². The second-order valence-corrected chi connectivity index (χ2v) is 7.14. The van der Waals surface area contributed by atoms with Gasteiger partial charge in [-0.05, 0) is 36.6 Å². The van der Waals surface area contributed by atoms with E-state index in [2.05, 4.69) is 4.98 Å². The van der Waals surface area contributed by atoms with Gasteiger partial charge in [-0.3, -0.25) is 18.7 Å². The highest BCUT2D eigenvalue weighted by Crippen LogP contribution is 2.29. The van der Waals surface area contributed by atoms with E-state index in [0.29, 0.717) is 23.4 Å². The third-order valence-corrected chi connectivity index (χ3v) is 5.27. The predicted octanol–water partition coefficient (Wildman–Crippen LogP) is 3.53. The van der Waals surface area contributed by atoms with Crippen LogP contribution in [0.3, 0.4) is 0 Å². The van der Waals surface area contributed by atoms with Crippen molar-refractivity contribution in [3.05, 3.63) is 85.9 Å². The second-order valence-electron chi connectivity index (χ2n) is 6.36. The van der Waals surface area contributed by atoms with E-state index in [9.17, 15) is 14.0 Å². The number of rotatable bonds is 4. The third kappa shape index (κ3) is 3.38. The summed E-state index contributed by atoms with van der Waals surface area (Å²) in [4.78, 5) is 30.0. The Labute approximate surface area is 169 Å². The molecule has 3 aromatic heterocycles. The van der Waals surface area contributed by atoms with Gasteiger partial charge in [0.15, 0.2) is 0 Å². The number of hydrogen-bond acceptors (Lipinski definition) is 5. The lowest BCUT2D eigenvalue weighted by Gasteiger charge is -2.15. The zero-order valence-electron chi connectivity index (χ0n) is 15.5. The summed E-state index contributed by atoms with van der Waals surface area (Å²) >= 11 is 1.46. The molecule has 3 heterocycles. The van der Waals surface area contributed by atoms with Crippen molar-refractivity contribution in [3.63, 3.8) is 0 Å². The molecule has 0 unspecified atom stereocenters. The van der Waals surface area contributed by atoms with Gasteiger partial charge in [-0.25, -0.2) is 9.37 Å². The number of hydrogen-bond donors (Lipinski definition) is 1. The molecule has 0 fully saturated rings. The first-order valence-electron chi connectivity index (χ1n) is 8.91. The average Bonchev–Trinajstić information content (AvgIpc) is 3.23. The molecule has 0 atom stereocenters. The molecule has 0 aliphatic heterocycles. The van der Waals surface area contributed by atoms with Crippen molar-refractivity contribution >= 4 is 17.3 Å². The summed E-state index contributed by atoms with van der Waals surface area (Å²) < 4.78 is 16.7. The van der Waals surface area contributed by atoms with Gasteiger partial charge >= 0.3 is 0 Å². The lowest BCUT2D eigenvalue weighted by Crippen LogP contribution is -2.26. The SMILES string of the molecule is CCn1c(N)nc(-c2cccc(F)c2)c(-c2ccc(=O)n(-c3ccsc3)c2)c1=O. The Morgan fingerprint density at radius 1 is 1.14 bits per heavy atom. The van der Waals surface area contributed by atoms with Crippen LogP contribution >= 0.6 is 11.3 Å². The highest BCUT2D eigenvalue weighted by molar-refractivity contribution is 7.08. The summed E-state index contributed by atoms with van der Waals surface area (Å²) in [5, 5.41) is 3.70. The second kappa shape index (κ2) is 7.48. The molecule has 0 saturated carbocycles. The number of nitrogens with zero attached hydrogens (tertiary/aromatic N) is 3. The lowest BCUT2D eigenvalue weighted by molar-refractivity contribution is 0.628. The van der Waals surface area contributed by atoms with Gasteiger partial charge in [0.25, 0.3) is 11.1 Å². The molecule has 1 aromatic carbocycles. The minimum atomic E-state index is -0.447. The number of anilines is 1. The molecule has 0 radical (unpaired) electrons. The van der Waals surface area contributed by atoms with Crippen LogP contribution in [0.5, 0.6) is 0 Å². The number of pyridine rings is 1. The van der Waals surface area contributed by atoms with Crippen molar-refractivity contribution in [2.24, 2.45) is 0 Å². The lowest BCUT2D eigenvalue weighted by atomic mass is 10.0. The van der Waals surface area contributed by atoms with Crippen molar-refractivity contribution in [2.75, 3.05) is 5.73 Å². The summed E-state index contributed by atoms with van der Waals surface area (Å²) in [6.07, 6.45) is 1.60. The molecule has 8 heteroatoms. The van der Waals surface area contributed by atoms with E-state index in [1.165, 1.54) is 38.7 Å². The molecule has 0 aliphatic rings. The summed E-state index contributed by atoms with van der Waals surface area (Å²) in [5.41, 5.74) is 7.57. The maximum Gasteiger partial charge on any atom is 0.263 e. The zero-order valence-corrected chi connectivity index (χ0v) is 16.3. The molecule has 0 amide bonds. The molecular weight excluding hydrogens is 391 g/mol. The molecule has 0 spiro atoms. The fourth-order valence-corrected chi connectivity index (χ4v) is 3.84. The van der Waals surface area contributed by atoms with Gasteiger partial charge in [0.1, 0.15) is 5.82 Å². The maximum absolute atomic E-state index is 13.8. The number of benzene rings is 1. The molecule has 0 saturated heterocycles. The third-order valence-electron chi connectivity index (χ3n) is 4.60. The zero-order chi connectivity index (χ0) is 20.5. The molecule has 0 bridgehead atoms. The van der Waals surface area contributed by atoms with E-state index in [-0.39, 0.29) is 28.3 Å². The van der Waals surface area contributed by atoms with E-state index in [1.807, 2.05) is 16.8 Å². The predicted molar refractivity (Wildman–Crippen MR) is 113 cm³/mol. The standard InChI is InChI=1S/C21H17FN4O2S/c1-2-25-20(28)18(19(24-21(25)23)13-4-3-5-15(22)10-13)14-6-7-17(27)26(11-14)16-8-9-29-12-16/h3-12H,2H2,1H3,(H2,23,24). The molecular formula is C21H17FN4O2S. The van der Waals surface area contributed by atoms with Gasteiger partial charge in [0, 0.05) is 35.3 Å². The highest BCUT2D eigenvalue weighted by Gasteiger charge is 2.19. The monoisotopic (exact) mass is 408 g/mol. The summed E-state index contributed by atoms with van der Waals surface area (Å²) in [6, 6.07) is 10.6. The summed E-state index contributed by atoms with van der Waals surface area (Å²) in [6.45, 7) is 2.12. The van der Waals surface area contributed by atoms with Crippen LogP contribution in [0.4, 0.5) is 10.3 Å². The number of halogens is 1. The normalized spacial score (nSPS) is 11.0. The summed E-state index contributed by atoms with van der Waals surface area (Å²) in [5.74, 6) is -0.400. The Hall–Kier alpha value is -3.52. The Morgan fingerprint density at radius 2 is 1.97 bits per heavy atom. The first kappa shape index (κ1) is 18.8. The van der Waals surface area contributed by atoms with E-state index >= 15 is 0 Å². The molecule has 0 aliphatic carbocycles. The first-order valence-corrected chi connectivity index (χ1v) is 9.85. The average molecular weight is 408 g/mol. The van der Waals surface area contributed by atoms with Gasteiger partial charge in [-0.1, -0.05) is 12.1 Å². The number of nitrogen functional groups attached to an aromatic ring is 1. The summed E-state index contributed by atoms with van der Waals surface area (Å²) in [7, 11) is 0. The van der Waals surface area contributed by atoms with Crippen LogP contribution < -0.4 is 16.9 Å². The van der Waals surface area contributed by atoms with Crippen molar-refractivity contribution in [3.8, 4) is 28.1 Å². The van der Waals surface area contributed by atoms with Gasteiger partial charge < -0.3 is 5.73 Å². The molecule has 4 aromatic rings. The Balaban J connectivity index is 2.04. The minimum Gasteiger partial charge on any atom is -0.369 e. The molecule has 146 valence electrons. The van der Waals surface area contributed by atoms with Crippen LogP contribution in [0.2, 0.25) is 0 Å². The van der Waals surface area contributed by atoms with Crippen LogP contribution in [-0.4, -0.2) is 14.1 Å². The molecule has 29 heavy (non-hydrogen) atoms. The van der Waals surface area contributed by atoms with E-state index in [1.54, 1.807) is 31.3 Å². The first-order chi connectivity index (χ1) is 14.0. The maximum atomic E-state index is 13.8. The van der Waals surface area contributed by atoms with Crippen LogP contribution in [0.25, 0.3) is 28.1 Å². The molecule has 6 nitrogen and oxygen atoms in total. The smallest absolute Gasteiger partial charge is 0.263 e. The molecule has 4 rings (SSSR count). The van der Waals surface area contributed by atoms with E-state index in [0.717, 1.165) is 0 Å². The van der Waals surface area contributed by atoms with Gasteiger partial charge in [-0.15, -0.1) is 0 Å². The quantitative estimate of drug-likeness (QED) is 0.560. The van der Waals surface area contributed by atoms with Crippen molar-refractivity contribution in [1.82, 2.24) is 14.1 Å². The van der Waals surface area contributed by atoms with Crippen molar-refractivity contribution < 1.29 is 4.39 Å². The van der Waals surface area contributed by atoms with E-state index in [4.69, 9.17) is 5.73 Å². The largest absolute Gasteiger partial charge is 0.369 e. The Kier molecular flexibility index (Phi) is 4.85. The van der Waals surface area contributed by atoms with Crippen LogP contribution in [0.1, 0.15) is 6.92 Å². The van der Waals surface area contributed by atoms with Gasteiger partial charge in [-0.2, -0.15) is 11.3 Å². The fourth-order valence-electron chi connectivity index (χ4n) is 3.21. The van der Waals surface area contributed by atoms with E-state index < -0.39 is 5.82 Å². The van der Waals surface area contributed by atoms with Crippen LogP contribution in [0, 0.1) is 5.82 Å². The highest BCUT2D eigenvalue weighted by atomic mass is 32.1. The number of thiophene rings is 1. The van der Waals surface area contributed by atoms with Gasteiger partial charge in [0.2, 0.25) is 5.95 Å². The Morgan fingerprint density at radius 3 is 2.66 bits per heavy atom. The Bertz CT molecular complexity index is 1310. The molecule has 2 N–H and O–H groups in total. The van der Waals surface area contributed by atoms with Crippen molar-refractivity contribution in [2.45, 2.75) is 13.5 Å². The van der Waals surface area contributed by atoms with Crippen LogP contribution in [-0.2, 0) is 6.54 Å². The number of aromatic nitrogens is 3. The van der Waals surface area contributed by atoms with Crippen molar-refractivity contribution in [1.29, 1.82) is 0 Å². The minimum absolute atomic E-state index is 0.0478. The fraction of sp³-hybridized carbons (Fsp3) is 0.0952. The topological polar surface area (TPSA) is 82.9 Å².